The maximum absolute atomic E-state index is 13.4. The van der Waals surface area contributed by atoms with Crippen LogP contribution < -0.4 is 20.7 Å². The lowest BCUT2D eigenvalue weighted by Crippen LogP contribution is -2.19. The van der Waals surface area contributed by atoms with Crippen LogP contribution in [0.3, 0.4) is 0 Å². The number of nitrogens with one attached hydrogen (secondary N) is 3. The van der Waals surface area contributed by atoms with Crippen molar-refractivity contribution in [2.75, 3.05) is 22.6 Å². The molecule has 37 heavy (non-hydrogen) atoms. The molecular weight excluding hydrogens is 498 g/mol. The van der Waals surface area contributed by atoms with E-state index in [1.807, 2.05) is 117 Å². The number of ether oxygens (including phenoxy) is 1. The molecule has 0 aliphatic carbocycles. The maximum atomic E-state index is 13.4. The van der Waals surface area contributed by atoms with Crippen LogP contribution in [0.4, 0.5) is 17.1 Å². The van der Waals surface area contributed by atoms with E-state index in [1.165, 1.54) is 17.3 Å². The van der Waals surface area contributed by atoms with Gasteiger partial charge < -0.3 is 20.7 Å². The number of carbonyl (C=O) groups excluding carboxylic acids is 1. The molecule has 0 radical (unpaired) electrons. The summed E-state index contributed by atoms with van der Waals surface area (Å²) in [6, 6.07) is 33.1. The summed E-state index contributed by atoms with van der Waals surface area (Å²) in [6.07, 6.45) is 0. The van der Waals surface area contributed by atoms with Crippen molar-refractivity contribution in [3.63, 3.8) is 0 Å². The fourth-order valence-electron chi connectivity index (χ4n) is 3.62. The molecule has 0 aliphatic heterocycles. The first-order valence-corrected chi connectivity index (χ1v) is 13.3. The number of rotatable bonds is 9. The molecule has 1 unspecified atom stereocenters. The van der Waals surface area contributed by atoms with E-state index in [1.54, 1.807) is 0 Å². The van der Waals surface area contributed by atoms with E-state index in [0.717, 1.165) is 33.3 Å². The Morgan fingerprint density at radius 1 is 0.811 bits per heavy atom. The molecule has 3 N–H and O–H groups in total. The smallest absolute Gasteiger partial charge is 0.242 e. The zero-order valence-corrected chi connectivity index (χ0v) is 22.4. The van der Waals surface area contributed by atoms with E-state index in [0.29, 0.717) is 11.7 Å². The molecule has 0 aliphatic rings. The molecule has 0 spiro atoms. The monoisotopic (exact) mass is 527 g/mol. The van der Waals surface area contributed by atoms with Crippen molar-refractivity contribution < 1.29 is 9.53 Å². The minimum atomic E-state index is -0.444. The normalized spacial score (nSPS) is 11.3. The lowest BCUT2D eigenvalue weighted by atomic mass is 10.1. The molecule has 4 rings (SSSR count). The Hall–Kier alpha value is -3.81. The number of benzene rings is 4. The maximum Gasteiger partial charge on any atom is 0.242 e. The van der Waals surface area contributed by atoms with Gasteiger partial charge >= 0.3 is 0 Å². The van der Waals surface area contributed by atoms with Gasteiger partial charge in [-0.25, -0.2) is 0 Å². The summed E-state index contributed by atoms with van der Waals surface area (Å²) in [5, 5.41) is 9.54. The number of hydrogen-bond donors (Lipinski definition) is 3. The Morgan fingerprint density at radius 3 is 2.16 bits per heavy atom. The molecule has 1 amide bonds. The van der Waals surface area contributed by atoms with Crippen LogP contribution in [0.5, 0.6) is 5.75 Å². The van der Waals surface area contributed by atoms with Crippen molar-refractivity contribution in [3.05, 3.63) is 114 Å². The Balaban J connectivity index is 1.47. The Morgan fingerprint density at radius 2 is 1.46 bits per heavy atom. The Kier molecular flexibility index (Phi) is 9.18. The van der Waals surface area contributed by atoms with Gasteiger partial charge in [-0.15, -0.1) is 11.8 Å². The highest BCUT2D eigenvalue weighted by Gasteiger charge is 2.22. The first-order chi connectivity index (χ1) is 18.0. The van der Waals surface area contributed by atoms with Gasteiger partial charge in [0.2, 0.25) is 5.91 Å². The predicted molar refractivity (Wildman–Crippen MR) is 159 cm³/mol. The highest BCUT2D eigenvalue weighted by Crippen LogP contribution is 2.37. The number of hydrogen-bond acceptors (Lipinski definition) is 4. The standard InChI is InChI=1S/C30H29N3O2S2/c1-3-35-26-18-16-23(17-19-26)31-29(34)28(22-8-5-4-6-9-22)37-27-11-7-10-25(20-27)33-30(36)32-24-14-12-21(2)13-15-24/h4-20,28H,3H2,1-2H3,(H,31,34)(H2,32,33,36). The van der Waals surface area contributed by atoms with Crippen molar-refractivity contribution in [1.29, 1.82) is 0 Å². The summed E-state index contributed by atoms with van der Waals surface area (Å²) in [4.78, 5) is 14.4. The van der Waals surface area contributed by atoms with Crippen molar-refractivity contribution in [2.24, 2.45) is 0 Å². The number of aryl methyl sites for hydroxylation is 1. The molecule has 5 nitrogen and oxygen atoms in total. The number of amides is 1. The zero-order valence-electron chi connectivity index (χ0n) is 20.7. The predicted octanol–water partition coefficient (Wildman–Crippen LogP) is 7.67. The average Bonchev–Trinajstić information content (AvgIpc) is 2.90. The van der Waals surface area contributed by atoms with Gasteiger partial charge in [0.1, 0.15) is 11.0 Å². The molecule has 0 saturated carbocycles. The summed E-state index contributed by atoms with van der Waals surface area (Å²) < 4.78 is 5.50. The first kappa shape index (κ1) is 26.3. The SMILES string of the molecule is CCOc1ccc(NC(=O)C(Sc2cccc(NC(=S)Nc3ccc(C)cc3)c2)c2ccccc2)cc1. The largest absolute Gasteiger partial charge is 0.494 e. The molecule has 0 saturated heterocycles. The Labute approximate surface area is 227 Å². The lowest BCUT2D eigenvalue weighted by molar-refractivity contribution is -0.115. The van der Waals surface area contributed by atoms with Crippen LogP contribution in [0.1, 0.15) is 23.3 Å². The number of anilines is 3. The van der Waals surface area contributed by atoms with Crippen LogP contribution >= 0.6 is 24.0 Å². The third-order valence-corrected chi connectivity index (χ3v) is 6.88. The molecule has 0 fully saturated rings. The van der Waals surface area contributed by atoms with E-state index in [9.17, 15) is 4.79 Å². The van der Waals surface area contributed by atoms with E-state index in [2.05, 4.69) is 16.0 Å². The summed E-state index contributed by atoms with van der Waals surface area (Å²) in [5.41, 5.74) is 4.59. The number of thiocarbonyl (C=S) groups is 1. The van der Waals surface area contributed by atoms with Crippen LogP contribution in [-0.2, 0) is 4.79 Å². The van der Waals surface area contributed by atoms with E-state index in [4.69, 9.17) is 17.0 Å². The van der Waals surface area contributed by atoms with E-state index in [-0.39, 0.29) is 5.91 Å². The van der Waals surface area contributed by atoms with Gasteiger partial charge in [-0.3, -0.25) is 4.79 Å². The summed E-state index contributed by atoms with van der Waals surface area (Å²) in [6.45, 7) is 4.58. The highest BCUT2D eigenvalue weighted by molar-refractivity contribution is 8.00. The van der Waals surface area contributed by atoms with E-state index < -0.39 is 5.25 Å². The number of carbonyl (C=O) groups is 1. The van der Waals surface area contributed by atoms with Crippen LogP contribution in [0, 0.1) is 6.92 Å². The lowest BCUT2D eigenvalue weighted by Gasteiger charge is -2.18. The third-order valence-electron chi connectivity index (χ3n) is 5.43. The van der Waals surface area contributed by atoms with Gasteiger partial charge in [0.05, 0.1) is 6.61 Å². The zero-order chi connectivity index (χ0) is 26.0. The summed E-state index contributed by atoms with van der Waals surface area (Å²) in [5.74, 6) is 0.670. The second-order valence-corrected chi connectivity index (χ2v) is 9.91. The fourth-order valence-corrected chi connectivity index (χ4v) is 4.94. The van der Waals surface area contributed by atoms with Crippen molar-refractivity contribution in [1.82, 2.24) is 0 Å². The third kappa shape index (κ3) is 7.84. The molecule has 4 aromatic rings. The van der Waals surface area contributed by atoms with Crippen molar-refractivity contribution >= 4 is 52.1 Å². The first-order valence-electron chi connectivity index (χ1n) is 12.0. The van der Waals surface area contributed by atoms with Gasteiger partial charge in [-0.2, -0.15) is 0 Å². The minimum absolute atomic E-state index is 0.102. The highest BCUT2D eigenvalue weighted by atomic mass is 32.2. The molecule has 7 heteroatoms. The van der Waals surface area contributed by atoms with Gasteiger partial charge in [0, 0.05) is 22.0 Å². The molecule has 0 aromatic heterocycles. The fraction of sp³-hybridized carbons (Fsp3) is 0.133. The van der Waals surface area contributed by atoms with Crippen molar-refractivity contribution in [2.45, 2.75) is 24.0 Å². The number of thioether (sulfide) groups is 1. The van der Waals surface area contributed by atoms with Crippen LogP contribution in [0.25, 0.3) is 0 Å². The molecule has 0 heterocycles. The van der Waals surface area contributed by atoms with Crippen LogP contribution in [0.2, 0.25) is 0 Å². The molecular formula is C30H29N3O2S2. The molecule has 1 atom stereocenters. The molecule has 188 valence electrons. The topological polar surface area (TPSA) is 62.4 Å². The second-order valence-electron chi connectivity index (χ2n) is 8.33. The van der Waals surface area contributed by atoms with Gasteiger partial charge in [0.15, 0.2) is 5.11 Å². The minimum Gasteiger partial charge on any atom is -0.494 e. The summed E-state index contributed by atoms with van der Waals surface area (Å²) in [7, 11) is 0. The molecule has 4 aromatic carbocycles. The average molecular weight is 528 g/mol. The Bertz CT molecular complexity index is 1330. The van der Waals surface area contributed by atoms with Crippen LogP contribution in [-0.4, -0.2) is 17.6 Å². The van der Waals surface area contributed by atoms with Crippen molar-refractivity contribution in [3.8, 4) is 5.75 Å². The van der Waals surface area contributed by atoms with E-state index >= 15 is 0 Å². The van der Waals surface area contributed by atoms with Gasteiger partial charge in [-0.1, -0.05) is 54.1 Å². The molecule has 0 bridgehead atoms. The quantitative estimate of drug-likeness (QED) is 0.153. The van der Waals surface area contributed by atoms with Gasteiger partial charge in [-0.05, 0) is 86.2 Å². The van der Waals surface area contributed by atoms with Gasteiger partial charge in [0.25, 0.3) is 0 Å². The second kappa shape index (κ2) is 12.9. The van der Waals surface area contributed by atoms with Crippen LogP contribution in [0.15, 0.2) is 108 Å². The summed E-state index contributed by atoms with van der Waals surface area (Å²) >= 11 is 6.98.